The predicted octanol–water partition coefficient (Wildman–Crippen LogP) is 2.96. The topological polar surface area (TPSA) is 25.4 Å². The molecule has 0 aliphatic carbocycles. The van der Waals surface area contributed by atoms with Crippen molar-refractivity contribution in [3.8, 4) is 0 Å². The predicted molar refractivity (Wildman–Crippen MR) is 76.5 cm³/mol. The van der Waals surface area contributed by atoms with Gasteiger partial charge in [0.1, 0.15) is 11.8 Å². The summed E-state index contributed by atoms with van der Waals surface area (Å²) >= 11 is 10.8. The van der Waals surface area contributed by atoms with Crippen LogP contribution in [0.3, 0.4) is 0 Å². The molecule has 0 atom stereocenters. The van der Waals surface area contributed by atoms with Gasteiger partial charge in [0.15, 0.2) is 5.05 Å². The zero-order valence-corrected chi connectivity index (χ0v) is 11.4. The highest BCUT2D eigenvalue weighted by Gasteiger charge is 2.16. The van der Waals surface area contributed by atoms with Crippen LogP contribution in [0, 0.1) is 0 Å². The van der Waals surface area contributed by atoms with Crippen molar-refractivity contribution >= 4 is 28.9 Å². The molecule has 2 rings (SSSR count). The molecule has 0 fully saturated rings. The van der Waals surface area contributed by atoms with Crippen LogP contribution in [0.5, 0.6) is 0 Å². The Balaban J connectivity index is 2.11. The van der Waals surface area contributed by atoms with Crippen LogP contribution in [-0.4, -0.2) is 28.1 Å². The Kier molecular flexibility index (Phi) is 4.33. The number of thiocarbonyl (C=S) groups is 1. The van der Waals surface area contributed by atoms with Crippen molar-refractivity contribution in [2.75, 3.05) is 13.2 Å². The number of nitrogens with zero attached hydrogens (tertiary/aromatic N) is 2. The summed E-state index contributed by atoms with van der Waals surface area (Å²) in [5.74, 6) is 0. The third-order valence-electron chi connectivity index (χ3n) is 2.56. The van der Waals surface area contributed by atoms with Crippen molar-refractivity contribution in [1.82, 2.24) is 9.88 Å². The molecule has 5 heteroatoms. The normalized spacial score (nSPS) is 14.1. The summed E-state index contributed by atoms with van der Waals surface area (Å²) in [6.45, 7) is 5.76. The Morgan fingerprint density at radius 3 is 2.94 bits per heavy atom. The van der Waals surface area contributed by atoms with E-state index in [4.69, 9.17) is 28.6 Å². The SMILES string of the molecule is C=CCN(Cc1ccc(Cl)nc1)C1=CC(=S)OC1. The van der Waals surface area contributed by atoms with Crippen LogP contribution in [0.4, 0.5) is 0 Å². The molecule has 0 amide bonds. The third-order valence-corrected chi connectivity index (χ3v) is 3.02. The highest BCUT2D eigenvalue weighted by atomic mass is 35.5. The van der Waals surface area contributed by atoms with Crippen LogP contribution in [0.1, 0.15) is 5.56 Å². The van der Waals surface area contributed by atoms with E-state index in [1.165, 1.54) is 0 Å². The van der Waals surface area contributed by atoms with Crippen LogP contribution >= 0.6 is 23.8 Å². The molecule has 1 aliphatic heterocycles. The van der Waals surface area contributed by atoms with Gasteiger partial charge in [-0.15, -0.1) is 6.58 Å². The van der Waals surface area contributed by atoms with E-state index < -0.39 is 0 Å². The van der Waals surface area contributed by atoms with E-state index in [1.54, 1.807) is 12.3 Å². The summed E-state index contributed by atoms with van der Waals surface area (Å²) < 4.78 is 5.28. The van der Waals surface area contributed by atoms with Crippen LogP contribution in [0.15, 0.2) is 42.8 Å². The molecule has 0 spiro atoms. The maximum absolute atomic E-state index is 5.77. The maximum Gasteiger partial charge on any atom is 0.186 e. The number of halogens is 1. The smallest absolute Gasteiger partial charge is 0.186 e. The van der Waals surface area contributed by atoms with Gasteiger partial charge in [0.2, 0.25) is 0 Å². The van der Waals surface area contributed by atoms with Crippen molar-refractivity contribution < 1.29 is 4.74 Å². The maximum atomic E-state index is 5.77. The van der Waals surface area contributed by atoms with Gasteiger partial charge in [-0.1, -0.05) is 23.7 Å². The minimum Gasteiger partial charge on any atom is -0.477 e. The van der Waals surface area contributed by atoms with Gasteiger partial charge >= 0.3 is 0 Å². The Bertz CT molecular complexity index is 484. The van der Waals surface area contributed by atoms with Gasteiger partial charge in [-0.05, 0) is 23.8 Å². The molecule has 1 aliphatic rings. The molecule has 1 aromatic heterocycles. The average Bonchev–Trinajstić information content (AvgIpc) is 2.78. The number of hydrogen-bond donors (Lipinski definition) is 0. The molecule has 0 saturated carbocycles. The van der Waals surface area contributed by atoms with Gasteiger partial charge < -0.3 is 9.64 Å². The molecule has 2 heterocycles. The monoisotopic (exact) mass is 280 g/mol. The van der Waals surface area contributed by atoms with Crippen molar-refractivity contribution in [2.45, 2.75) is 6.54 Å². The minimum absolute atomic E-state index is 0.499. The molecular formula is C13H13ClN2OS. The zero-order chi connectivity index (χ0) is 13.0. The Morgan fingerprint density at radius 2 is 2.39 bits per heavy atom. The second-order valence-corrected chi connectivity index (χ2v) is 4.69. The molecule has 0 unspecified atom stereocenters. The van der Waals surface area contributed by atoms with Gasteiger partial charge in [-0.2, -0.15) is 0 Å². The lowest BCUT2D eigenvalue weighted by Gasteiger charge is -2.23. The quantitative estimate of drug-likeness (QED) is 0.470. The summed E-state index contributed by atoms with van der Waals surface area (Å²) in [7, 11) is 0. The van der Waals surface area contributed by atoms with Gasteiger partial charge in [-0.25, -0.2) is 4.98 Å². The first kappa shape index (κ1) is 13.1. The molecule has 18 heavy (non-hydrogen) atoms. The molecule has 3 nitrogen and oxygen atoms in total. The second kappa shape index (κ2) is 5.98. The second-order valence-electron chi connectivity index (χ2n) is 3.90. The first-order valence-electron chi connectivity index (χ1n) is 5.52. The lowest BCUT2D eigenvalue weighted by atomic mass is 10.2. The largest absolute Gasteiger partial charge is 0.477 e. The van der Waals surface area contributed by atoms with Crippen molar-refractivity contribution in [3.63, 3.8) is 0 Å². The number of hydrogen-bond acceptors (Lipinski definition) is 4. The number of ether oxygens (including phenoxy) is 1. The van der Waals surface area contributed by atoms with Crippen LogP contribution in [-0.2, 0) is 11.3 Å². The Morgan fingerprint density at radius 1 is 1.56 bits per heavy atom. The highest BCUT2D eigenvalue weighted by molar-refractivity contribution is 7.80. The first-order chi connectivity index (χ1) is 8.69. The number of rotatable bonds is 5. The van der Waals surface area contributed by atoms with E-state index in [0.29, 0.717) is 16.8 Å². The molecule has 0 aromatic carbocycles. The molecule has 0 N–H and O–H groups in total. The van der Waals surface area contributed by atoms with Crippen LogP contribution < -0.4 is 0 Å². The fourth-order valence-corrected chi connectivity index (χ4v) is 2.01. The van der Waals surface area contributed by atoms with E-state index in [2.05, 4.69) is 16.5 Å². The zero-order valence-electron chi connectivity index (χ0n) is 9.80. The summed E-state index contributed by atoms with van der Waals surface area (Å²) in [5, 5.41) is 1.03. The van der Waals surface area contributed by atoms with Crippen molar-refractivity contribution in [2.24, 2.45) is 0 Å². The van der Waals surface area contributed by atoms with Crippen molar-refractivity contribution in [1.29, 1.82) is 0 Å². The van der Waals surface area contributed by atoms with Gasteiger partial charge in [-0.3, -0.25) is 0 Å². The van der Waals surface area contributed by atoms with Crippen molar-refractivity contribution in [3.05, 3.63) is 53.5 Å². The Hall–Kier alpha value is -1.39. The summed E-state index contributed by atoms with van der Waals surface area (Å²) in [6.07, 6.45) is 5.50. The van der Waals surface area contributed by atoms with E-state index >= 15 is 0 Å². The lowest BCUT2D eigenvalue weighted by molar-refractivity contribution is 0.290. The van der Waals surface area contributed by atoms with E-state index in [0.717, 1.165) is 24.4 Å². The third kappa shape index (κ3) is 3.31. The highest BCUT2D eigenvalue weighted by Crippen LogP contribution is 2.17. The minimum atomic E-state index is 0.499. The van der Waals surface area contributed by atoms with Gasteiger partial charge in [0.05, 0.1) is 5.70 Å². The summed E-state index contributed by atoms with van der Waals surface area (Å²) in [5.41, 5.74) is 2.15. The molecule has 94 valence electrons. The number of aromatic nitrogens is 1. The summed E-state index contributed by atoms with van der Waals surface area (Å²) in [4.78, 5) is 6.22. The Labute approximate surface area is 117 Å². The molecule has 1 aromatic rings. The van der Waals surface area contributed by atoms with E-state index in [1.807, 2.05) is 18.2 Å². The van der Waals surface area contributed by atoms with Crippen LogP contribution in [0.25, 0.3) is 0 Å². The first-order valence-corrected chi connectivity index (χ1v) is 6.31. The van der Waals surface area contributed by atoms with Crippen LogP contribution in [0.2, 0.25) is 5.15 Å². The van der Waals surface area contributed by atoms with E-state index in [9.17, 15) is 0 Å². The fraction of sp³-hybridized carbons (Fsp3) is 0.231. The molecule has 0 bridgehead atoms. The molecular weight excluding hydrogens is 268 g/mol. The van der Waals surface area contributed by atoms with Gasteiger partial charge in [0.25, 0.3) is 0 Å². The lowest BCUT2D eigenvalue weighted by Crippen LogP contribution is -2.23. The van der Waals surface area contributed by atoms with E-state index in [-0.39, 0.29) is 0 Å². The standard InChI is InChI=1S/C13H13ClN2OS/c1-2-5-16(11-6-13(18)17-9-11)8-10-3-4-12(14)15-7-10/h2-4,6-7H,1,5,8-9H2. The fourth-order valence-electron chi connectivity index (χ4n) is 1.71. The number of pyridine rings is 1. The molecule has 0 saturated heterocycles. The summed E-state index contributed by atoms with van der Waals surface area (Å²) in [6, 6.07) is 3.74. The average molecular weight is 281 g/mol. The van der Waals surface area contributed by atoms with Gasteiger partial charge in [0, 0.05) is 25.4 Å². The molecule has 0 radical (unpaired) electrons.